The number of hydrogen-bond acceptors (Lipinski definition) is 3. The fraction of sp³-hybridized carbons (Fsp3) is 0.455. The first-order valence-corrected chi connectivity index (χ1v) is 4.89. The maximum Gasteiger partial charge on any atom is 0.330 e. The first-order chi connectivity index (χ1) is 7.03. The molecule has 0 aliphatic rings. The molecule has 0 aliphatic carbocycles. The van der Waals surface area contributed by atoms with Gasteiger partial charge in [0.05, 0.1) is 5.69 Å². The summed E-state index contributed by atoms with van der Waals surface area (Å²) in [4.78, 5) is 17.2. The van der Waals surface area contributed by atoms with E-state index in [1.165, 1.54) is 0 Å². The van der Waals surface area contributed by atoms with Crippen LogP contribution in [0.4, 0.5) is 0 Å². The lowest BCUT2D eigenvalue weighted by atomic mass is 9.95. The SMILES string of the molecule is CCN(C)C(C)(C(=O)O)c1ccccn1. The van der Waals surface area contributed by atoms with Crippen molar-refractivity contribution in [3.8, 4) is 0 Å². The summed E-state index contributed by atoms with van der Waals surface area (Å²) in [6.45, 7) is 4.24. The molecule has 1 atom stereocenters. The lowest BCUT2D eigenvalue weighted by Crippen LogP contribution is -2.48. The van der Waals surface area contributed by atoms with Crippen molar-refractivity contribution in [2.24, 2.45) is 0 Å². The molecule has 4 heteroatoms. The zero-order valence-corrected chi connectivity index (χ0v) is 9.27. The minimum absolute atomic E-state index is 0.557. The molecule has 82 valence electrons. The molecule has 0 spiro atoms. The van der Waals surface area contributed by atoms with Crippen LogP contribution in [0.2, 0.25) is 0 Å². The molecule has 0 saturated carbocycles. The molecule has 0 aromatic carbocycles. The molecule has 0 radical (unpaired) electrons. The summed E-state index contributed by atoms with van der Waals surface area (Å²) < 4.78 is 0. The Morgan fingerprint density at radius 3 is 2.67 bits per heavy atom. The fourth-order valence-electron chi connectivity index (χ4n) is 1.44. The second-order valence-electron chi connectivity index (χ2n) is 3.61. The predicted octanol–water partition coefficient (Wildman–Crippen LogP) is 1.33. The van der Waals surface area contributed by atoms with Crippen LogP contribution in [-0.2, 0) is 10.3 Å². The highest BCUT2D eigenvalue weighted by Gasteiger charge is 2.39. The van der Waals surface area contributed by atoms with Crippen LogP contribution in [0.3, 0.4) is 0 Å². The van der Waals surface area contributed by atoms with E-state index in [0.29, 0.717) is 12.2 Å². The maximum absolute atomic E-state index is 11.3. The third-order valence-electron chi connectivity index (χ3n) is 2.82. The van der Waals surface area contributed by atoms with E-state index < -0.39 is 11.5 Å². The topological polar surface area (TPSA) is 53.4 Å². The molecule has 1 rings (SSSR count). The van der Waals surface area contributed by atoms with E-state index in [1.54, 1.807) is 43.3 Å². The van der Waals surface area contributed by atoms with Gasteiger partial charge >= 0.3 is 5.97 Å². The highest BCUT2D eigenvalue weighted by Crippen LogP contribution is 2.25. The first kappa shape index (κ1) is 11.7. The fourth-order valence-corrected chi connectivity index (χ4v) is 1.44. The Hall–Kier alpha value is -1.42. The van der Waals surface area contributed by atoms with E-state index in [9.17, 15) is 9.90 Å². The number of carboxylic acids is 1. The van der Waals surface area contributed by atoms with Crippen molar-refractivity contribution in [3.05, 3.63) is 30.1 Å². The molecule has 0 aliphatic heterocycles. The number of aliphatic carboxylic acids is 1. The number of carbonyl (C=O) groups is 1. The van der Waals surface area contributed by atoms with Gasteiger partial charge in [0.2, 0.25) is 0 Å². The Morgan fingerprint density at radius 1 is 1.60 bits per heavy atom. The van der Waals surface area contributed by atoms with Crippen molar-refractivity contribution in [1.82, 2.24) is 9.88 Å². The van der Waals surface area contributed by atoms with Gasteiger partial charge in [-0.15, -0.1) is 0 Å². The molecule has 0 fully saturated rings. The molecule has 4 nitrogen and oxygen atoms in total. The summed E-state index contributed by atoms with van der Waals surface area (Å²) >= 11 is 0. The lowest BCUT2D eigenvalue weighted by molar-refractivity contribution is -0.150. The number of nitrogens with zero attached hydrogens (tertiary/aromatic N) is 2. The van der Waals surface area contributed by atoms with E-state index in [2.05, 4.69) is 4.98 Å². The summed E-state index contributed by atoms with van der Waals surface area (Å²) in [5, 5.41) is 9.31. The van der Waals surface area contributed by atoms with Crippen molar-refractivity contribution in [2.45, 2.75) is 19.4 Å². The van der Waals surface area contributed by atoms with Gasteiger partial charge in [0.15, 0.2) is 5.54 Å². The zero-order chi connectivity index (χ0) is 11.5. The summed E-state index contributed by atoms with van der Waals surface area (Å²) in [6.07, 6.45) is 1.61. The lowest BCUT2D eigenvalue weighted by Gasteiger charge is -2.33. The average Bonchev–Trinajstić information content (AvgIpc) is 2.27. The standard InChI is InChI=1S/C11H16N2O2/c1-4-13(3)11(2,10(14)15)9-7-5-6-8-12-9/h5-8H,4H2,1-3H3,(H,14,15). The summed E-state index contributed by atoms with van der Waals surface area (Å²) in [6, 6.07) is 5.31. The van der Waals surface area contributed by atoms with Gasteiger partial charge < -0.3 is 5.11 Å². The van der Waals surface area contributed by atoms with E-state index >= 15 is 0 Å². The van der Waals surface area contributed by atoms with Crippen LogP contribution in [0.15, 0.2) is 24.4 Å². The minimum Gasteiger partial charge on any atom is -0.480 e. The first-order valence-electron chi connectivity index (χ1n) is 4.89. The largest absolute Gasteiger partial charge is 0.480 e. The smallest absolute Gasteiger partial charge is 0.330 e. The van der Waals surface area contributed by atoms with E-state index in [-0.39, 0.29) is 0 Å². The van der Waals surface area contributed by atoms with Gasteiger partial charge in [-0.3, -0.25) is 9.88 Å². The molecule has 1 aromatic heterocycles. The summed E-state index contributed by atoms with van der Waals surface area (Å²) in [5.41, 5.74) is -0.502. The van der Waals surface area contributed by atoms with Crippen molar-refractivity contribution in [2.75, 3.05) is 13.6 Å². The highest BCUT2D eigenvalue weighted by atomic mass is 16.4. The van der Waals surface area contributed by atoms with Crippen LogP contribution in [-0.4, -0.2) is 34.6 Å². The van der Waals surface area contributed by atoms with Crippen LogP contribution in [0.1, 0.15) is 19.5 Å². The Balaban J connectivity index is 3.19. The molecular formula is C11H16N2O2. The normalized spacial score (nSPS) is 14.9. The molecule has 0 bridgehead atoms. The van der Waals surface area contributed by atoms with Crippen LogP contribution in [0, 0.1) is 0 Å². The monoisotopic (exact) mass is 208 g/mol. The number of pyridine rings is 1. The number of rotatable bonds is 4. The average molecular weight is 208 g/mol. The van der Waals surface area contributed by atoms with Crippen LogP contribution >= 0.6 is 0 Å². The number of carboxylic acid groups (broad SMARTS) is 1. The molecule has 0 amide bonds. The van der Waals surface area contributed by atoms with E-state index in [0.717, 1.165) is 0 Å². The third-order valence-corrected chi connectivity index (χ3v) is 2.82. The van der Waals surface area contributed by atoms with E-state index in [1.807, 2.05) is 6.92 Å². The van der Waals surface area contributed by atoms with Crippen LogP contribution in [0.5, 0.6) is 0 Å². The van der Waals surface area contributed by atoms with Gasteiger partial charge in [-0.25, -0.2) is 4.79 Å². The van der Waals surface area contributed by atoms with Gasteiger partial charge in [0.25, 0.3) is 0 Å². The van der Waals surface area contributed by atoms with Crippen LogP contribution < -0.4 is 0 Å². The van der Waals surface area contributed by atoms with Crippen molar-refractivity contribution in [3.63, 3.8) is 0 Å². The second-order valence-corrected chi connectivity index (χ2v) is 3.61. The molecular weight excluding hydrogens is 192 g/mol. The Morgan fingerprint density at radius 2 is 2.27 bits per heavy atom. The molecule has 1 heterocycles. The van der Waals surface area contributed by atoms with Gasteiger partial charge in [-0.05, 0) is 32.6 Å². The molecule has 1 aromatic rings. The van der Waals surface area contributed by atoms with Crippen molar-refractivity contribution >= 4 is 5.97 Å². The Bertz CT molecular complexity index is 340. The summed E-state index contributed by atoms with van der Waals surface area (Å²) in [7, 11) is 1.78. The number of likely N-dealkylation sites (N-methyl/N-ethyl adjacent to an activating group) is 1. The highest BCUT2D eigenvalue weighted by molar-refractivity contribution is 5.79. The number of aromatic nitrogens is 1. The molecule has 0 saturated heterocycles. The van der Waals surface area contributed by atoms with Gasteiger partial charge in [0.1, 0.15) is 0 Å². The second kappa shape index (κ2) is 4.40. The molecule has 1 unspecified atom stereocenters. The van der Waals surface area contributed by atoms with Gasteiger partial charge in [0, 0.05) is 6.20 Å². The Kier molecular flexibility index (Phi) is 3.42. The van der Waals surface area contributed by atoms with Crippen molar-refractivity contribution < 1.29 is 9.90 Å². The molecule has 15 heavy (non-hydrogen) atoms. The minimum atomic E-state index is -1.06. The van der Waals surface area contributed by atoms with E-state index in [4.69, 9.17) is 0 Å². The Labute approximate surface area is 89.6 Å². The third kappa shape index (κ3) is 1.99. The number of hydrogen-bond donors (Lipinski definition) is 1. The quantitative estimate of drug-likeness (QED) is 0.811. The maximum atomic E-state index is 11.3. The van der Waals surface area contributed by atoms with Crippen molar-refractivity contribution in [1.29, 1.82) is 0 Å². The molecule has 1 N–H and O–H groups in total. The summed E-state index contributed by atoms with van der Waals surface area (Å²) in [5.74, 6) is -0.884. The van der Waals surface area contributed by atoms with Gasteiger partial charge in [-0.1, -0.05) is 13.0 Å². The predicted molar refractivity (Wildman–Crippen MR) is 57.5 cm³/mol. The van der Waals surface area contributed by atoms with Crippen LogP contribution in [0.25, 0.3) is 0 Å². The zero-order valence-electron chi connectivity index (χ0n) is 9.27. The van der Waals surface area contributed by atoms with Gasteiger partial charge in [-0.2, -0.15) is 0 Å².